The number of allylic oxidation sites excluding steroid dienone is 8. The molecule has 0 fully saturated rings. The molecule has 0 bridgehead atoms. The molecule has 24 heavy (non-hydrogen) atoms. The largest absolute Gasteiger partial charge is 0.273 e. The molecule has 0 radical (unpaired) electrons. The van der Waals surface area contributed by atoms with Crippen molar-refractivity contribution in [3.8, 4) is 0 Å². The molecule has 2 aliphatic carbocycles. The predicted molar refractivity (Wildman–Crippen MR) is 112 cm³/mol. The zero-order chi connectivity index (χ0) is 17.0. The normalized spacial score (nSPS) is 17.0. The van der Waals surface area contributed by atoms with Gasteiger partial charge in [0, 0.05) is 0 Å². The van der Waals surface area contributed by atoms with Gasteiger partial charge in [0.15, 0.2) is 0 Å². The van der Waals surface area contributed by atoms with E-state index in [2.05, 4.69) is 59.0 Å². The van der Waals surface area contributed by atoms with Gasteiger partial charge in [-0.1, -0.05) is 59.3 Å². The Morgan fingerprint density at radius 1 is 1.08 bits per heavy atom. The summed E-state index contributed by atoms with van der Waals surface area (Å²) >= 11 is 1.45. The average Bonchev–Trinajstić information content (AvgIpc) is 3.16. The van der Waals surface area contributed by atoms with Crippen LogP contribution in [0.5, 0.6) is 0 Å². The molecule has 0 N–H and O–H groups in total. The predicted octanol–water partition coefficient (Wildman–Crippen LogP) is 7.22. The third kappa shape index (κ3) is 12.1. The van der Waals surface area contributed by atoms with Crippen molar-refractivity contribution in [2.24, 2.45) is 5.92 Å². The van der Waals surface area contributed by atoms with Crippen LogP contribution < -0.4 is 0 Å². The van der Waals surface area contributed by atoms with Crippen LogP contribution in [0.3, 0.4) is 0 Å². The molecule has 0 aromatic heterocycles. The molecule has 1 atom stereocenters. The molecule has 136 valence electrons. The van der Waals surface area contributed by atoms with E-state index in [9.17, 15) is 0 Å². The smallest absolute Gasteiger partial charge is 0.109 e. The Morgan fingerprint density at radius 3 is 1.92 bits per heavy atom. The quantitative estimate of drug-likeness (QED) is 0.256. The minimum atomic E-state index is 0. The molecule has 4 heteroatoms. The van der Waals surface area contributed by atoms with Crippen LogP contribution in [0.4, 0.5) is 0 Å². The van der Waals surface area contributed by atoms with Crippen LogP contribution in [-0.4, -0.2) is 5.49 Å². The van der Waals surface area contributed by atoms with Gasteiger partial charge in [0.2, 0.25) is 0 Å². The Morgan fingerprint density at radius 2 is 1.67 bits per heavy atom. The summed E-state index contributed by atoms with van der Waals surface area (Å²) in [5.41, 5.74) is 5.01. The van der Waals surface area contributed by atoms with Crippen LogP contribution in [0.2, 0.25) is 13.1 Å². The summed E-state index contributed by atoms with van der Waals surface area (Å²) in [7, 11) is 0. The summed E-state index contributed by atoms with van der Waals surface area (Å²) < 4.78 is 0. The van der Waals surface area contributed by atoms with Crippen molar-refractivity contribution >= 4 is 30.3 Å². The maximum atomic E-state index is 3.63. The van der Waals surface area contributed by atoms with E-state index in [0.717, 1.165) is 12.8 Å². The number of halogens is 2. The second kappa shape index (κ2) is 18.4. The monoisotopic (exact) mass is 552 g/mol. The van der Waals surface area contributed by atoms with Gasteiger partial charge < -0.3 is 0 Å². The first-order valence-corrected chi connectivity index (χ1v) is 16.5. The Balaban J connectivity index is -0.000000335. The Bertz CT molecular complexity index is 448. The van der Waals surface area contributed by atoms with E-state index >= 15 is 0 Å². The molecule has 0 aliphatic heterocycles. The van der Waals surface area contributed by atoms with E-state index in [1.54, 1.807) is 11.1 Å². The topological polar surface area (TPSA) is 0 Å². The summed E-state index contributed by atoms with van der Waals surface area (Å²) in [6, 6.07) is 0. The van der Waals surface area contributed by atoms with E-state index in [1.165, 1.54) is 47.8 Å². The van der Waals surface area contributed by atoms with Crippen molar-refractivity contribution in [2.75, 3.05) is 0 Å². The maximum absolute atomic E-state index is 3.63. The molecule has 0 heterocycles. The second-order valence-electron chi connectivity index (χ2n) is 5.65. The number of hydrogen-bond donors (Lipinski definition) is 0. The van der Waals surface area contributed by atoms with Crippen LogP contribution in [0.25, 0.3) is 0 Å². The van der Waals surface area contributed by atoms with Crippen molar-refractivity contribution in [3.63, 3.8) is 0 Å². The van der Waals surface area contributed by atoms with Crippen LogP contribution >= 0.6 is 24.8 Å². The van der Waals surface area contributed by atoms with Gasteiger partial charge in [-0.05, 0) is 0 Å². The SMILES string of the molecule is CCC1=[C-]C(CC)C(CC)=C1CC.C[Si](C)=[Hf+2].Cl.Cl.[C-]1=CC=CC1. The van der Waals surface area contributed by atoms with Crippen LogP contribution in [0.1, 0.15) is 59.8 Å². The fourth-order valence-corrected chi connectivity index (χ4v) is 2.69. The molecule has 0 aromatic rings. The molecule has 0 aromatic carbocycles. The fourth-order valence-electron chi connectivity index (χ4n) is 2.69. The van der Waals surface area contributed by atoms with Crippen LogP contribution in [0, 0.1) is 18.1 Å². The molecule has 2 aliphatic rings. The van der Waals surface area contributed by atoms with Crippen molar-refractivity contribution in [2.45, 2.75) is 72.9 Å². The standard InChI is InChI=1S/C13H21.C5H5.C2H6Si.2ClH.Hf/c1-5-10-9-11(6-2)13(8-4)12(10)7-3;1-2-4-5-3-1;1-3-2;;;/h10H,5-8H2,1-4H3;1-3H,4H2;1-2H3;2*1H;/q2*-1;;;;+2. The third-order valence-corrected chi connectivity index (χ3v) is 3.60. The van der Waals surface area contributed by atoms with Gasteiger partial charge in [-0.15, -0.1) is 31.2 Å². The average molecular weight is 552 g/mol. The Kier molecular flexibility index (Phi) is 22.6. The zero-order valence-electron chi connectivity index (χ0n) is 16.2. The van der Waals surface area contributed by atoms with Crippen molar-refractivity contribution < 1.29 is 23.0 Å². The minimum absolute atomic E-state index is 0. The first kappa shape index (κ1) is 29.4. The molecule has 0 amide bonds. The van der Waals surface area contributed by atoms with Gasteiger partial charge in [-0.25, -0.2) is 17.7 Å². The number of rotatable bonds is 4. The van der Waals surface area contributed by atoms with E-state index in [0.29, 0.717) is 5.92 Å². The van der Waals surface area contributed by atoms with Gasteiger partial charge >= 0.3 is 41.6 Å². The van der Waals surface area contributed by atoms with Crippen LogP contribution in [-0.2, 0) is 23.0 Å². The van der Waals surface area contributed by atoms with E-state index in [-0.39, 0.29) is 30.3 Å². The summed E-state index contributed by atoms with van der Waals surface area (Å²) in [5.74, 6) is 0.634. The molecule has 0 nitrogen and oxygen atoms in total. The number of hydrogen-bond acceptors (Lipinski definition) is 0. The molecule has 0 saturated heterocycles. The first-order valence-electron chi connectivity index (χ1n) is 8.59. The molecule has 0 spiro atoms. The van der Waals surface area contributed by atoms with Crippen LogP contribution in [0.15, 0.2) is 34.9 Å². The fraction of sp³-hybridized carbons (Fsp3) is 0.600. The summed E-state index contributed by atoms with van der Waals surface area (Å²) in [6.07, 6.45) is 18.4. The van der Waals surface area contributed by atoms with Crippen molar-refractivity contribution in [1.29, 1.82) is 0 Å². The summed E-state index contributed by atoms with van der Waals surface area (Å²) in [5, 5.41) is 0. The van der Waals surface area contributed by atoms with E-state index in [4.69, 9.17) is 0 Å². The summed E-state index contributed by atoms with van der Waals surface area (Å²) in [6.45, 7) is 13.7. The van der Waals surface area contributed by atoms with Gasteiger partial charge in [0.1, 0.15) is 0 Å². The van der Waals surface area contributed by atoms with Crippen molar-refractivity contribution in [3.05, 3.63) is 47.1 Å². The Hall–Kier alpha value is 0.627. The van der Waals surface area contributed by atoms with Gasteiger partial charge in [-0.2, -0.15) is 17.2 Å². The molecule has 2 rings (SSSR count). The Labute approximate surface area is 178 Å². The summed E-state index contributed by atoms with van der Waals surface area (Å²) in [4.78, 5) is 0. The molecular weight excluding hydrogens is 518 g/mol. The molecule has 1 unspecified atom stereocenters. The van der Waals surface area contributed by atoms with Gasteiger partial charge in [0.25, 0.3) is 0 Å². The van der Waals surface area contributed by atoms with Gasteiger partial charge in [0.05, 0.1) is 0 Å². The van der Waals surface area contributed by atoms with E-state index in [1.807, 2.05) is 12.2 Å². The maximum Gasteiger partial charge on any atom is -0.109 e. The zero-order valence-corrected chi connectivity index (χ0v) is 22.4. The third-order valence-electron chi connectivity index (χ3n) is 3.60. The van der Waals surface area contributed by atoms with Crippen molar-refractivity contribution in [1.82, 2.24) is 0 Å². The first-order chi connectivity index (χ1) is 10.5. The second-order valence-corrected chi connectivity index (χ2v) is 18.4. The minimum Gasteiger partial charge on any atom is -0.273 e. The molecular formula is C20H34Cl2HfSi. The molecule has 0 saturated carbocycles. The van der Waals surface area contributed by atoms with Gasteiger partial charge in [-0.3, -0.25) is 12.2 Å². The van der Waals surface area contributed by atoms with E-state index < -0.39 is 0 Å².